The van der Waals surface area contributed by atoms with E-state index < -0.39 is 0 Å². The Labute approximate surface area is 123 Å². The number of H-pyrrole nitrogens is 1. The summed E-state index contributed by atoms with van der Waals surface area (Å²) in [5.74, 6) is 2.17. The largest absolute Gasteiger partial charge is 0.490 e. The average Bonchev–Trinajstić information content (AvgIpc) is 2.71. The number of ether oxygens (including phenoxy) is 2. The van der Waals surface area contributed by atoms with Crippen molar-refractivity contribution in [2.45, 2.75) is 26.2 Å². The molecule has 1 aromatic heterocycles. The van der Waals surface area contributed by atoms with E-state index in [0.29, 0.717) is 30.5 Å². The van der Waals surface area contributed by atoms with Crippen molar-refractivity contribution in [3.63, 3.8) is 0 Å². The van der Waals surface area contributed by atoms with Crippen LogP contribution in [0.1, 0.15) is 25.6 Å². The van der Waals surface area contributed by atoms with Crippen LogP contribution in [0.3, 0.4) is 0 Å². The van der Waals surface area contributed by atoms with Crippen LogP contribution in [-0.4, -0.2) is 23.2 Å². The van der Waals surface area contributed by atoms with Crippen molar-refractivity contribution in [1.29, 1.82) is 0 Å². The number of aryl methyl sites for hydroxylation is 1. The van der Waals surface area contributed by atoms with E-state index in [1.807, 2.05) is 18.2 Å². The van der Waals surface area contributed by atoms with Crippen LogP contribution in [0.2, 0.25) is 0 Å². The second-order valence-corrected chi connectivity index (χ2v) is 5.04. The SMILES string of the molecule is CCCc1nc(-c2ccc3c(c2)OCCCO3)cc(=O)[nH]1. The molecule has 3 rings (SSSR count). The molecule has 0 atom stereocenters. The highest BCUT2D eigenvalue weighted by Gasteiger charge is 2.12. The summed E-state index contributed by atoms with van der Waals surface area (Å²) in [4.78, 5) is 19.0. The molecule has 2 heterocycles. The molecular formula is C16H18N2O3. The van der Waals surface area contributed by atoms with Crippen molar-refractivity contribution >= 4 is 0 Å². The van der Waals surface area contributed by atoms with Gasteiger partial charge in [0.05, 0.1) is 18.9 Å². The minimum Gasteiger partial charge on any atom is -0.490 e. The van der Waals surface area contributed by atoms with Crippen LogP contribution in [0, 0.1) is 0 Å². The second kappa shape index (κ2) is 5.99. The quantitative estimate of drug-likeness (QED) is 0.941. The molecule has 1 N–H and O–H groups in total. The zero-order valence-corrected chi connectivity index (χ0v) is 12.0. The van der Waals surface area contributed by atoms with Crippen molar-refractivity contribution in [2.75, 3.05) is 13.2 Å². The first-order valence-electron chi connectivity index (χ1n) is 7.26. The smallest absolute Gasteiger partial charge is 0.251 e. The maximum Gasteiger partial charge on any atom is 0.251 e. The maximum atomic E-state index is 11.8. The third-order valence-corrected chi connectivity index (χ3v) is 3.32. The number of aromatic amines is 1. The van der Waals surface area contributed by atoms with Crippen LogP contribution in [0.5, 0.6) is 11.5 Å². The molecule has 2 aromatic rings. The summed E-state index contributed by atoms with van der Waals surface area (Å²) in [6.07, 6.45) is 2.56. The lowest BCUT2D eigenvalue weighted by Crippen LogP contribution is -2.11. The lowest BCUT2D eigenvalue weighted by Gasteiger charge is -2.09. The molecule has 0 saturated heterocycles. The number of hydrogen-bond donors (Lipinski definition) is 1. The Bertz CT molecular complexity index is 694. The van der Waals surface area contributed by atoms with Gasteiger partial charge in [0.25, 0.3) is 5.56 Å². The standard InChI is InChI=1S/C16H18N2O3/c1-2-4-15-17-12(10-16(19)18-15)11-5-6-13-14(9-11)21-8-3-7-20-13/h5-6,9-10H,2-4,7-8H2,1H3,(H,17,18,19). The van der Waals surface area contributed by atoms with E-state index >= 15 is 0 Å². The third kappa shape index (κ3) is 3.07. The van der Waals surface area contributed by atoms with Crippen molar-refractivity contribution in [2.24, 2.45) is 0 Å². The highest BCUT2D eigenvalue weighted by atomic mass is 16.5. The van der Waals surface area contributed by atoms with Crippen molar-refractivity contribution in [1.82, 2.24) is 9.97 Å². The summed E-state index contributed by atoms with van der Waals surface area (Å²) in [7, 11) is 0. The predicted molar refractivity (Wildman–Crippen MR) is 79.9 cm³/mol. The van der Waals surface area contributed by atoms with Crippen molar-refractivity contribution in [3.05, 3.63) is 40.4 Å². The molecule has 1 aromatic carbocycles. The molecule has 1 aliphatic heterocycles. The zero-order valence-electron chi connectivity index (χ0n) is 12.0. The average molecular weight is 286 g/mol. The summed E-state index contributed by atoms with van der Waals surface area (Å²) in [5.41, 5.74) is 1.40. The normalized spacial score (nSPS) is 13.8. The summed E-state index contributed by atoms with van der Waals surface area (Å²) in [6, 6.07) is 7.18. The molecule has 0 saturated carbocycles. The molecule has 0 bridgehead atoms. The Morgan fingerprint density at radius 1 is 1.19 bits per heavy atom. The van der Waals surface area contributed by atoms with Gasteiger partial charge in [-0.1, -0.05) is 6.92 Å². The number of benzene rings is 1. The van der Waals surface area contributed by atoms with Crippen LogP contribution in [-0.2, 0) is 6.42 Å². The summed E-state index contributed by atoms with van der Waals surface area (Å²) in [5, 5.41) is 0. The van der Waals surface area contributed by atoms with Crippen LogP contribution in [0.4, 0.5) is 0 Å². The Kier molecular flexibility index (Phi) is 3.90. The molecule has 5 heteroatoms. The van der Waals surface area contributed by atoms with Gasteiger partial charge in [0.1, 0.15) is 5.82 Å². The Morgan fingerprint density at radius 2 is 2.00 bits per heavy atom. The molecule has 0 fully saturated rings. The van der Waals surface area contributed by atoms with Gasteiger partial charge in [0.2, 0.25) is 0 Å². The molecular weight excluding hydrogens is 268 g/mol. The zero-order chi connectivity index (χ0) is 14.7. The first-order chi connectivity index (χ1) is 10.3. The van der Waals surface area contributed by atoms with Crippen molar-refractivity contribution < 1.29 is 9.47 Å². The predicted octanol–water partition coefficient (Wildman–Crippen LogP) is 2.55. The van der Waals surface area contributed by atoms with E-state index in [1.54, 1.807) is 0 Å². The Morgan fingerprint density at radius 3 is 2.81 bits per heavy atom. The molecule has 1 aliphatic rings. The van der Waals surface area contributed by atoms with Gasteiger partial charge < -0.3 is 14.5 Å². The number of nitrogens with one attached hydrogen (secondary N) is 1. The number of fused-ring (bicyclic) bond motifs is 1. The van der Waals surface area contributed by atoms with E-state index in [4.69, 9.17) is 9.47 Å². The van der Waals surface area contributed by atoms with Crippen molar-refractivity contribution in [3.8, 4) is 22.8 Å². The van der Waals surface area contributed by atoms with E-state index in [2.05, 4.69) is 16.9 Å². The lowest BCUT2D eigenvalue weighted by molar-refractivity contribution is 0.297. The van der Waals surface area contributed by atoms with Gasteiger partial charge in [-0.05, 0) is 24.6 Å². The van der Waals surface area contributed by atoms with E-state index in [9.17, 15) is 4.79 Å². The van der Waals surface area contributed by atoms with Gasteiger partial charge in [-0.15, -0.1) is 0 Å². The fourth-order valence-corrected chi connectivity index (χ4v) is 2.33. The van der Waals surface area contributed by atoms with E-state index in [1.165, 1.54) is 6.07 Å². The van der Waals surface area contributed by atoms with Gasteiger partial charge in [0.15, 0.2) is 11.5 Å². The molecule has 0 aliphatic carbocycles. The molecule has 0 radical (unpaired) electrons. The van der Waals surface area contributed by atoms with Gasteiger partial charge in [0, 0.05) is 24.5 Å². The van der Waals surface area contributed by atoms with Gasteiger partial charge >= 0.3 is 0 Å². The molecule has 21 heavy (non-hydrogen) atoms. The summed E-state index contributed by atoms with van der Waals surface area (Å²) in [6.45, 7) is 3.36. The number of hydrogen-bond acceptors (Lipinski definition) is 4. The summed E-state index contributed by atoms with van der Waals surface area (Å²) < 4.78 is 11.3. The second-order valence-electron chi connectivity index (χ2n) is 5.04. The molecule has 5 nitrogen and oxygen atoms in total. The minimum absolute atomic E-state index is 0.129. The topological polar surface area (TPSA) is 64.2 Å². The first-order valence-corrected chi connectivity index (χ1v) is 7.26. The Balaban J connectivity index is 2.00. The van der Waals surface area contributed by atoms with Gasteiger partial charge in [-0.3, -0.25) is 4.79 Å². The lowest BCUT2D eigenvalue weighted by atomic mass is 10.1. The van der Waals surface area contributed by atoms with Gasteiger partial charge in [-0.2, -0.15) is 0 Å². The monoisotopic (exact) mass is 286 g/mol. The maximum absolute atomic E-state index is 11.8. The van der Waals surface area contributed by atoms with Crippen LogP contribution >= 0.6 is 0 Å². The minimum atomic E-state index is -0.129. The number of nitrogens with zero attached hydrogens (tertiary/aromatic N) is 1. The van der Waals surface area contributed by atoms with Crippen LogP contribution in [0.15, 0.2) is 29.1 Å². The van der Waals surface area contributed by atoms with Crippen LogP contribution in [0.25, 0.3) is 11.3 Å². The fourth-order valence-electron chi connectivity index (χ4n) is 2.33. The van der Waals surface area contributed by atoms with Gasteiger partial charge in [-0.25, -0.2) is 4.98 Å². The van der Waals surface area contributed by atoms with E-state index in [0.717, 1.165) is 30.6 Å². The molecule has 0 spiro atoms. The third-order valence-electron chi connectivity index (χ3n) is 3.32. The number of rotatable bonds is 3. The highest BCUT2D eigenvalue weighted by molar-refractivity contribution is 5.63. The fraction of sp³-hybridized carbons (Fsp3) is 0.375. The number of aromatic nitrogens is 2. The highest BCUT2D eigenvalue weighted by Crippen LogP contribution is 2.33. The van der Waals surface area contributed by atoms with Crippen LogP contribution < -0.4 is 15.0 Å². The Hall–Kier alpha value is -2.30. The van der Waals surface area contributed by atoms with E-state index in [-0.39, 0.29) is 5.56 Å². The molecule has 0 amide bonds. The summed E-state index contributed by atoms with van der Waals surface area (Å²) >= 11 is 0. The molecule has 110 valence electrons. The first kappa shape index (κ1) is 13.7. The molecule has 0 unspecified atom stereocenters.